The summed E-state index contributed by atoms with van der Waals surface area (Å²) in [6, 6.07) is 18.2. The number of benzene rings is 2. The summed E-state index contributed by atoms with van der Waals surface area (Å²) in [7, 11) is 0. The highest BCUT2D eigenvalue weighted by atomic mass is 16.2. The van der Waals surface area contributed by atoms with E-state index in [9.17, 15) is 9.59 Å². The fraction of sp³-hybridized carbons (Fsp3) is 0.333. The van der Waals surface area contributed by atoms with Crippen molar-refractivity contribution in [3.05, 3.63) is 71.8 Å². The monoisotopic (exact) mass is 338 g/mol. The molecule has 0 bridgehead atoms. The van der Waals surface area contributed by atoms with Crippen molar-refractivity contribution in [2.75, 3.05) is 0 Å². The molecule has 0 aliphatic carbocycles. The van der Waals surface area contributed by atoms with Crippen LogP contribution in [0.2, 0.25) is 0 Å². The maximum Gasteiger partial charge on any atom is 0.251 e. The van der Waals surface area contributed by atoms with Gasteiger partial charge in [-0.25, -0.2) is 0 Å². The van der Waals surface area contributed by atoms with E-state index in [0.29, 0.717) is 5.56 Å². The Hall–Kier alpha value is -2.62. The van der Waals surface area contributed by atoms with Crippen LogP contribution in [0.4, 0.5) is 0 Å². The Bertz CT molecular complexity index is 696. The summed E-state index contributed by atoms with van der Waals surface area (Å²) in [5, 5.41) is 6.01. The molecule has 0 heterocycles. The maximum atomic E-state index is 12.5. The van der Waals surface area contributed by atoms with Gasteiger partial charge >= 0.3 is 0 Å². The second-order valence-corrected chi connectivity index (χ2v) is 6.79. The van der Waals surface area contributed by atoms with Gasteiger partial charge in [-0.15, -0.1) is 0 Å². The van der Waals surface area contributed by atoms with Crippen LogP contribution in [0.1, 0.15) is 55.6 Å². The van der Waals surface area contributed by atoms with Gasteiger partial charge in [0.2, 0.25) is 5.91 Å². The van der Waals surface area contributed by atoms with E-state index in [4.69, 9.17) is 0 Å². The van der Waals surface area contributed by atoms with Gasteiger partial charge < -0.3 is 10.6 Å². The van der Waals surface area contributed by atoms with Crippen LogP contribution < -0.4 is 10.6 Å². The molecule has 0 saturated heterocycles. The summed E-state index contributed by atoms with van der Waals surface area (Å²) >= 11 is 0. The first-order chi connectivity index (χ1) is 11.9. The fourth-order valence-electron chi connectivity index (χ4n) is 2.47. The number of hydrogen-bond donors (Lipinski definition) is 2. The second kappa shape index (κ2) is 8.47. The van der Waals surface area contributed by atoms with Gasteiger partial charge in [0.25, 0.3) is 5.91 Å². The molecular formula is C21H26N2O2. The molecule has 1 atom stereocenters. The standard InChI is InChI=1S/C21H26N2O2/c1-4-21(2,3)23-19(24)15-18(16-11-7-5-8-12-16)22-20(25)17-13-9-6-10-14-17/h5-14,18H,4,15H2,1-3H3,(H,22,25)(H,23,24)/t18-/m1/s1. The first-order valence-corrected chi connectivity index (χ1v) is 8.63. The van der Waals surface area contributed by atoms with Crippen molar-refractivity contribution < 1.29 is 9.59 Å². The van der Waals surface area contributed by atoms with E-state index < -0.39 is 0 Å². The number of carbonyl (C=O) groups excluding carboxylic acids is 2. The zero-order valence-electron chi connectivity index (χ0n) is 15.1. The van der Waals surface area contributed by atoms with Gasteiger partial charge in [0, 0.05) is 11.1 Å². The molecule has 0 aromatic heterocycles. The van der Waals surface area contributed by atoms with Crippen LogP contribution in [0.5, 0.6) is 0 Å². The Morgan fingerprint density at radius 3 is 2.08 bits per heavy atom. The van der Waals surface area contributed by atoms with Crippen molar-refractivity contribution in [1.29, 1.82) is 0 Å². The minimum atomic E-state index is -0.374. The SMILES string of the molecule is CCC(C)(C)NC(=O)C[C@@H](NC(=O)c1ccccc1)c1ccccc1. The number of rotatable bonds is 7. The molecule has 0 saturated carbocycles. The summed E-state index contributed by atoms with van der Waals surface area (Å²) in [4.78, 5) is 25.0. The quantitative estimate of drug-likeness (QED) is 0.805. The number of nitrogens with one attached hydrogen (secondary N) is 2. The largest absolute Gasteiger partial charge is 0.351 e. The average molecular weight is 338 g/mol. The summed E-state index contributed by atoms with van der Waals surface area (Å²) in [5.41, 5.74) is 1.23. The van der Waals surface area contributed by atoms with Gasteiger partial charge in [0.1, 0.15) is 0 Å². The molecule has 2 amide bonds. The first-order valence-electron chi connectivity index (χ1n) is 8.63. The third-order valence-electron chi connectivity index (χ3n) is 4.29. The van der Waals surface area contributed by atoms with Crippen LogP contribution in [0, 0.1) is 0 Å². The Morgan fingerprint density at radius 1 is 0.960 bits per heavy atom. The zero-order chi connectivity index (χ0) is 18.3. The third-order valence-corrected chi connectivity index (χ3v) is 4.29. The Morgan fingerprint density at radius 2 is 1.52 bits per heavy atom. The number of hydrogen-bond acceptors (Lipinski definition) is 2. The Kier molecular flexibility index (Phi) is 6.34. The van der Waals surface area contributed by atoms with E-state index in [1.807, 2.05) is 69.3 Å². The van der Waals surface area contributed by atoms with Gasteiger partial charge in [-0.05, 0) is 38.0 Å². The lowest BCUT2D eigenvalue weighted by Gasteiger charge is -2.26. The second-order valence-electron chi connectivity index (χ2n) is 6.79. The molecule has 0 radical (unpaired) electrons. The normalized spacial score (nSPS) is 12.3. The van der Waals surface area contributed by atoms with Gasteiger partial charge in [0.05, 0.1) is 12.5 Å². The van der Waals surface area contributed by atoms with Crippen LogP contribution in [-0.2, 0) is 4.79 Å². The Labute approximate surface area is 149 Å². The molecule has 2 rings (SSSR count). The van der Waals surface area contributed by atoms with Crippen LogP contribution in [0.3, 0.4) is 0 Å². The van der Waals surface area contributed by atoms with Gasteiger partial charge in [0.15, 0.2) is 0 Å². The molecule has 132 valence electrons. The molecule has 4 nitrogen and oxygen atoms in total. The maximum absolute atomic E-state index is 12.5. The summed E-state index contributed by atoms with van der Waals surface area (Å²) < 4.78 is 0. The van der Waals surface area contributed by atoms with E-state index in [1.165, 1.54) is 0 Å². The van der Waals surface area contributed by atoms with Crippen molar-refractivity contribution in [3.63, 3.8) is 0 Å². The highest BCUT2D eigenvalue weighted by molar-refractivity contribution is 5.94. The third kappa shape index (κ3) is 5.75. The van der Waals surface area contributed by atoms with Crippen molar-refractivity contribution in [1.82, 2.24) is 10.6 Å². The van der Waals surface area contributed by atoms with Crippen LogP contribution in [0.15, 0.2) is 60.7 Å². The molecule has 0 spiro atoms. The van der Waals surface area contributed by atoms with E-state index >= 15 is 0 Å². The zero-order valence-corrected chi connectivity index (χ0v) is 15.1. The molecule has 0 aliphatic heterocycles. The van der Waals surface area contributed by atoms with Gasteiger partial charge in [-0.2, -0.15) is 0 Å². The fourth-order valence-corrected chi connectivity index (χ4v) is 2.47. The first kappa shape index (κ1) is 18.7. The van der Waals surface area contributed by atoms with E-state index in [0.717, 1.165) is 12.0 Å². The topological polar surface area (TPSA) is 58.2 Å². The minimum Gasteiger partial charge on any atom is -0.351 e. The van der Waals surface area contributed by atoms with Crippen molar-refractivity contribution >= 4 is 11.8 Å². The van der Waals surface area contributed by atoms with E-state index in [-0.39, 0.29) is 29.8 Å². The highest BCUT2D eigenvalue weighted by Crippen LogP contribution is 2.18. The van der Waals surface area contributed by atoms with Crippen molar-refractivity contribution in [3.8, 4) is 0 Å². The molecule has 4 heteroatoms. The minimum absolute atomic E-state index is 0.0749. The average Bonchev–Trinajstić information content (AvgIpc) is 2.62. The van der Waals surface area contributed by atoms with Gasteiger partial charge in [-0.3, -0.25) is 9.59 Å². The lowest BCUT2D eigenvalue weighted by molar-refractivity contribution is -0.123. The van der Waals surface area contributed by atoms with Crippen LogP contribution in [-0.4, -0.2) is 17.4 Å². The molecular weight excluding hydrogens is 312 g/mol. The lowest BCUT2D eigenvalue weighted by atomic mass is 9.99. The molecule has 25 heavy (non-hydrogen) atoms. The summed E-state index contributed by atoms with van der Waals surface area (Å²) in [5.74, 6) is -0.258. The lowest BCUT2D eigenvalue weighted by Crippen LogP contribution is -2.44. The van der Waals surface area contributed by atoms with Crippen LogP contribution >= 0.6 is 0 Å². The van der Waals surface area contributed by atoms with E-state index in [2.05, 4.69) is 10.6 Å². The molecule has 2 aromatic rings. The van der Waals surface area contributed by atoms with Gasteiger partial charge in [-0.1, -0.05) is 55.5 Å². The van der Waals surface area contributed by atoms with Crippen molar-refractivity contribution in [2.24, 2.45) is 0 Å². The highest BCUT2D eigenvalue weighted by Gasteiger charge is 2.23. The smallest absolute Gasteiger partial charge is 0.251 e. The molecule has 0 unspecified atom stereocenters. The van der Waals surface area contributed by atoms with E-state index in [1.54, 1.807) is 12.1 Å². The molecule has 2 N–H and O–H groups in total. The number of carbonyl (C=O) groups is 2. The molecule has 0 fully saturated rings. The predicted molar refractivity (Wildman–Crippen MR) is 100 cm³/mol. The summed E-state index contributed by atoms with van der Waals surface area (Å²) in [6.07, 6.45) is 1.04. The molecule has 2 aromatic carbocycles. The summed E-state index contributed by atoms with van der Waals surface area (Å²) in [6.45, 7) is 6.02. The Balaban J connectivity index is 2.14. The van der Waals surface area contributed by atoms with Crippen LogP contribution in [0.25, 0.3) is 0 Å². The van der Waals surface area contributed by atoms with Crippen molar-refractivity contribution in [2.45, 2.75) is 45.2 Å². The predicted octanol–water partition coefficient (Wildman–Crippen LogP) is 3.85. The number of amides is 2. The molecule has 0 aliphatic rings.